The fraction of sp³-hybridized carbons (Fsp3) is 0.190. The fourth-order valence-electron chi connectivity index (χ4n) is 2.10. The summed E-state index contributed by atoms with van der Waals surface area (Å²) in [7, 11) is 4.80. The van der Waals surface area contributed by atoms with Crippen LogP contribution in [0.5, 0.6) is 11.5 Å². The minimum absolute atomic E-state index is 0.708. The molecule has 0 heterocycles. The van der Waals surface area contributed by atoms with Gasteiger partial charge in [-0.3, -0.25) is 0 Å². The van der Waals surface area contributed by atoms with Crippen LogP contribution in [0, 0.1) is 11.8 Å². The highest BCUT2D eigenvalue weighted by Crippen LogP contribution is 2.15. The summed E-state index contributed by atoms with van der Waals surface area (Å²) in [6.45, 7) is 1.86. The molecule has 0 N–H and O–H groups in total. The summed E-state index contributed by atoms with van der Waals surface area (Å²) in [5.41, 5.74) is 3.39. The van der Waals surface area contributed by atoms with Gasteiger partial charge in [0.05, 0.1) is 25.5 Å². The molecule has 0 aliphatic heterocycles. The number of nitrogens with zero attached hydrogens (tertiary/aromatic N) is 1. The van der Waals surface area contributed by atoms with Gasteiger partial charge in [-0.15, -0.1) is 0 Å². The van der Waals surface area contributed by atoms with Crippen molar-refractivity contribution in [3.63, 3.8) is 0 Å². The van der Waals surface area contributed by atoms with Crippen molar-refractivity contribution in [3.05, 3.63) is 65.2 Å². The molecule has 4 heteroatoms. The van der Waals surface area contributed by atoms with Gasteiger partial charge in [-0.25, -0.2) is 0 Å². The van der Waals surface area contributed by atoms with Gasteiger partial charge in [-0.05, 0) is 55.0 Å². The second-order valence-electron chi connectivity index (χ2n) is 5.17. The molecule has 0 amide bonds. The lowest BCUT2D eigenvalue weighted by molar-refractivity contribution is 0.213. The van der Waals surface area contributed by atoms with Crippen molar-refractivity contribution < 1.29 is 14.3 Å². The average Bonchev–Trinajstić information content (AvgIpc) is 2.66. The molecule has 0 aliphatic rings. The molecule has 0 radical (unpaired) electrons. The first-order valence-corrected chi connectivity index (χ1v) is 7.76. The zero-order valence-electron chi connectivity index (χ0n) is 14.9. The van der Waals surface area contributed by atoms with Gasteiger partial charge in [-0.2, -0.15) is 0 Å². The van der Waals surface area contributed by atoms with E-state index in [1.165, 1.54) is 7.11 Å². The molecule has 0 saturated heterocycles. The van der Waals surface area contributed by atoms with Crippen LogP contribution < -0.4 is 9.47 Å². The Labute approximate surface area is 148 Å². The Morgan fingerprint density at radius 3 is 1.96 bits per heavy atom. The first-order chi connectivity index (χ1) is 12.2. The van der Waals surface area contributed by atoms with Gasteiger partial charge in [0.25, 0.3) is 0 Å². The Hall–Kier alpha value is -3.19. The van der Waals surface area contributed by atoms with Crippen LogP contribution in [0.1, 0.15) is 18.1 Å². The molecule has 4 nitrogen and oxygen atoms in total. The van der Waals surface area contributed by atoms with Crippen molar-refractivity contribution in [1.82, 2.24) is 0 Å². The van der Waals surface area contributed by atoms with E-state index < -0.39 is 0 Å². The van der Waals surface area contributed by atoms with Crippen molar-refractivity contribution in [2.75, 3.05) is 21.3 Å². The molecular weight excluding hydrogens is 314 g/mol. The summed E-state index contributed by atoms with van der Waals surface area (Å²) >= 11 is 0. The van der Waals surface area contributed by atoms with Crippen molar-refractivity contribution in [3.8, 4) is 23.3 Å². The van der Waals surface area contributed by atoms with Crippen molar-refractivity contribution in [2.24, 2.45) is 5.16 Å². The van der Waals surface area contributed by atoms with Gasteiger partial charge >= 0.3 is 0 Å². The molecule has 0 saturated carbocycles. The third kappa shape index (κ3) is 5.43. The van der Waals surface area contributed by atoms with Crippen LogP contribution in [0.3, 0.4) is 0 Å². The molecule has 0 aliphatic carbocycles. The first kappa shape index (κ1) is 18.2. The smallest absolute Gasteiger partial charge is 0.118 e. The normalized spacial score (nSPS) is 11.4. The summed E-state index contributed by atoms with van der Waals surface area (Å²) in [5, 5.41) is 4.00. The summed E-state index contributed by atoms with van der Waals surface area (Å²) in [6.07, 6.45) is 1.97. The second kappa shape index (κ2) is 9.19. The topological polar surface area (TPSA) is 40.0 Å². The Kier molecular flexibility index (Phi) is 6.67. The van der Waals surface area contributed by atoms with E-state index in [4.69, 9.17) is 14.3 Å². The summed E-state index contributed by atoms with van der Waals surface area (Å²) in [5.74, 6) is 7.92. The number of rotatable bonds is 5. The molecular formula is C21H21NO3. The van der Waals surface area contributed by atoms with Gasteiger partial charge in [0.15, 0.2) is 0 Å². The van der Waals surface area contributed by atoms with E-state index in [9.17, 15) is 0 Å². The van der Waals surface area contributed by atoms with E-state index in [1.807, 2.05) is 61.5 Å². The molecule has 0 unspecified atom stereocenters. The predicted octanol–water partition coefficient (Wildman–Crippen LogP) is 4.16. The third-order valence-corrected chi connectivity index (χ3v) is 3.48. The molecule has 25 heavy (non-hydrogen) atoms. The van der Waals surface area contributed by atoms with Crippen LogP contribution in [0.15, 0.2) is 59.3 Å². The Morgan fingerprint density at radius 1 is 0.880 bits per heavy atom. The molecule has 128 valence electrons. The molecule has 2 aromatic carbocycles. The molecule has 2 aromatic rings. The van der Waals surface area contributed by atoms with Crippen molar-refractivity contribution >= 4 is 11.8 Å². The second-order valence-corrected chi connectivity index (χ2v) is 5.17. The monoisotopic (exact) mass is 335 g/mol. The number of hydrogen-bond donors (Lipinski definition) is 0. The van der Waals surface area contributed by atoms with Crippen LogP contribution in [-0.4, -0.2) is 27.0 Å². The largest absolute Gasteiger partial charge is 0.497 e. The summed E-state index contributed by atoms with van der Waals surface area (Å²) in [4.78, 5) is 4.88. The Morgan fingerprint density at radius 2 is 1.44 bits per heavy atom. The molecule has 2 rings (SSSR count). The maximum Gasteiger partial charge on any atom is 0.118 e. The lowest BCUT2D eigenvalue weighted by Gasteiger charge is -2.02. The maximum absolute atomic E-state index is 5.18. The quantitative estimate of drug-likeness (QED) is 0.468. The Bertz CT molecular complexity index is 807. The standard InChI is InChI=1S/C21H21NO3/c1-16(22-25-4)19(15-18-8-13-21(24-3)14-9-18)10-5-17-6-11-20(23-2)12-7-17/h6-9,11-15H,1-4H3/b19-15+,22-16-. The van der Waals surface area contributed by atoms with Crippen LogP contribution in [0.2, 0.25) is 0 Å². The van der Waals surface area contributed by atoms with E-state index in [0.717, 1.165) is 28.2 Å². The van der Waals surface area contributed by atoms with E-state index in [2.05, 4.69) is 17.0 Å². The molecule has 0 bridgehead atoms. The lowest BCUT2D eigenvalue weighted by Crippen LogP contribution is -1.96. The molecule has 0 fully saturated rings. The maximum atomic E-state index is 5.18. The number of hydrogen-bond acceptors (Lipinski definition) is 4. The third-order valence-electron chi connectivity index (χ3n) is 3.48. The zero-order chi connectivity index (χ0) is 18.1. The SMILES string of the molecule is CO/N=C(C)\C(C#Cc1ccc(OC)cc1)=C\c1ccc(OC)cc1. The van der Waals surface area contributed by atoms with Crippen LogP contribution in [0.25, 0.3) is 6.08 Å². The van der Waals surface area contributed by atoms with Gasteiger partial charge in [0.1, 0.15) is 18.6 Å². The Balaban J connectivity index is 2.34. The van der Waals surface area contributed by atoms with Crippen LogP contribution >= 0.6 is 0 Å². The summed E-state index contributed by atoms with van der Waals surface area (Å²) in [6, 6.07) is 15.3. The van der Waals surface area contributed by atoms with Gasteiger partial charge in [0.2, 0.25) is 0 Å². The molecule has 0 spiro atoms. The zero-order valence-corrected chi connectivity index (χ0v) is 14.9. The molecule has 0 aromatic heterocycles. The van der Waals surface area contributed by atoms with Crippen molar-refractivity contribution in [1.29, 1.82) is 0 Å². The predicted molar refractivity (Wildman–Crippen MR) is 101 cm³/mol. The lowest BCUT2D eigenvalue weighted by atomic mass is 10.1. The minimum atomic E-state index is 0.708. The van der Waals surface area contributed by atoms with Crippen LogP contribution in [0.4, 0.5) is 0 Å². The van der Waals surface area contributed by atoms with Crippen molar-refractivity contribution in [2.45, 2.75) is 6.92 Å². The van der Waals surface area contributed by atoms with Crippen LogP contribution in [-0.2, 0) is 4.84 Å². The van der Waals surface area contributed by atoms with Gasteiger partial charge in [-0.1, -0.05) is 29.1 Å². The number of allylic oxidation sites excluding steroid dienone is 1. The number of oxime groups is 1. The fourth-order valence-corrected chi connectivity index (χ4v) is 2.10. The van der Waals surface area contributed by atoms with E-state index in [0.29, 0.717) is 5.71 Å². The molecule has 0 atom stereocenters. The average molecular weight is 335 g/mol. The number of methoxy groups -OCH3 is 2. The van der Waals surface area contributed by atoms with E-state index in [1.54, 1.807) is 14.2 Å². The van der Waals surface area contributed by atoms with Gasteiger partial charge < -0.3 is 14.3 Å². The first-order valence-electron chi connectivity index (χ1n) is 7.76. The van der Waals surface area contributed by atoms with Gasteiger partial charge in [0, 0.05) is 5.56 Å². The number of ether oxygens (including phenoxy) is 2. The van der Waals surface area contributed by atoms with E-state index >= 15 is 0 Å². The highest BCUT2D eigenvalue weighted by molar-refractivity contribution is 6.05. The minimum Gasteiger partial charge on any atom is -0.497 e. The highest BCUT2D eigenvalue weighted by atomic mass is 16.6. The number of benzene rings is 2. The van der Waals surface area contributed by atoms with E-state index in [-0.39, 0.29) is 0 Å². The summed E-state index contributed by atoms with van der Waals surface area (Å²) < 4.78 is 10.3. The highest BCUT2D eigenvalue weighted by Gasteiger charge is 2.01.